The molecule has 0 spiro atoms. The van der Waals surface area contributed by atoms with E-state index >= 15 is 0 Å². The van der Waals surface area contributed by atoms with E-state index in [2.05, 4.69) is 12.3 Å². The Labute approximate surface area is 115 Å². The van der Waals surface area contributed by atoms with Gasteiger partial charge in [0.05, 0.1) is 12.1 Å². The van der Waals surface area contributed by atoms with Gasteiger partial charge in [-0.15, -0.1) is 0 Å². The molecule has 0 aliphatic heterocycles. The van der Waals surface area contributed by atoms with Crippen LogP contribution in [0, 0.1) is 19.7 Å². The smallest absolute Gasteiger partial charge is 0.128 e. The van der Waals surface area contributed by atoms with E-state index in [1.807, 2.05) is 26.8 Å². The van der Waals surface area contributed by atoms with Gasteiger partial charge in [0, 0.05) is 12.2 Å². The zero-order valence-electron chi connectivity index (χ0n) is 12.3. The number of hydrogen-bond donors (Lipinski definition) is 2. The molecular formula is C15H25FN2O. The van der Waals surface area contributed by atoms with Gasteiger partial charge in [0.1, 0.15) is 5.82 Å². The van der Waals surface area contributed by atoms with Crippen molar-refractivity contribution in [2.24, 2.45) is 5.84 Å². The molecular weight excluding hydrogens is 243 g/mol. The molecule has 3 nitrogen and oxygen atoms in total. The van der Waals surface area contributed by atoms with Crippen molar-refractivity contribution in [2.75, 3.05) is 6.61 Å². The fraction of sp³-hybridized carbons (Fsp3) is 0.600. The monoisotopic (exact) mass is 268 g/mol. The Bertz CT molecular complexity index is 380. The summed E-state index contributed by atoms with van der Waals surface area (Å²) in [4.78, 5) is 0. The van der Waals surface area contributed by atoms with Crippen LogP contribution in [0.25, 0.3) is 0 Å². The zero-order valence-corrected chi connectivity index (χ0v) is 12.3. The quantitative estimate of drug-likeness (QED) is 0.590. The van der Waals surface area contributed by atoms with Gasteiger partial charge in [-0.1, -0.05) is 19.4 Å². The lowest BCUT2D eigenvalue weighted by molar-refractivity contribution is 0.0265. The van der Waals surface area contributed by atoms with E-state index in [1.54, 1.807) is 6.07 Å². The number of ether oxygens (including phenoxy) is 1. The number of benzene rings is 1. The molecule has 0 amide bonds. The summed E-state index contributed by atoms with van der Waals surface area (Å²) >= 11 is 0. The van der Waals surface area contributed by atoms with E-state index in [9.17, 15) is 4.39 Å². The second kappa shape index (κ2) is 7.58. The summed E-state index contributed by atoms with van der Waals surface area (Å²) in [7, 11) is 0. The van der Waals surface area contributed by atoms with Gasteiger partial charge in [-0.05, 0) is 44.4 Å². The van der Waals surface area contributed by atoms with Crippen molar-refractivity contribution in [2.45, 2.75) is 52.7 Å². The fourth-order valence-corrected chi connectivity index (χ4v) is 2.54. The van der Waals surface area contributed by atoms with Gasteiger partial charge in [-0.25, -0.2) is 4.39 Å². The minimum Gasteiger partial charge on any atom is -0.376 e. The highest BCUT2D eigenvalue weighted by Gasteiger charge is 2.26. The summed E-state index contributed by atoms with van der Waals surface area (Å²) in [5.41, 5.74) is 5.15. The molecule has 0 heterocycles. The van der Waals surface area contributed by atoms with E-state index in [4.69, 9.17) is 10.6 Å². The van der Waals surface area contributed by atoms with Crippen molar-refractivity contribution >= 4 is 0 Å². The van der Waals surface area contributed by atoms with Crippen LogP contribution in [0.2, 0.25) is 0 Å². The first kappa shape index (κ1) is 16.1. The van der Waals surface area contributed by atoms with Crippen LogP contribution >= 0.6 is 0 Å². The van der Waals surface area contributed by atoms with Gasteiger partial charge < -0.3 is 4.74 Å². The van der Waals surface area contributed by atoms with Crippen LogP contribution in [-0.4, -0.2) is 12.7 Å². The summed E-state index contributed by atoms with van der Waals surface area (Å²) < 4.78 is 20.0. The molecule has 2 atom stereocenters. The third-order valence-corrected chi connectivity index (χ3v) is 3.30. The molecule has 1 aromatic rings. The summed E-state index contributed by atoms with van der Waals surface area (Å²) in [5, 5.41) is 0. The Morgan fingerprint density at radius 2 is 2.00 bits per heavy atom. The van der Waals surface area contributed by atoms with Crippen LogP contribution in [-0.2, 0) is 4.74 Å². The van der Waals surface area contributed by atoms with Crippen molar-refractivity contribution in [3.8, 4) is 0 Å². The van der Waals surface area contributed by atoms with Crippen molar-refractivity contribution < 1.29 is 9.13 Å². The highest BCUT2D eigenvalue weighted by Crippen LogP contribution is 2.28. The predicted molar refractivity (Wildman–Crippen MR) is 76.3 cm³/mol. The summed E-state index contributed by atoms with van der Waals surface area (Å²) in [6, 6.07) is 3.19. The average molecular weight is 268 g/mol. The second-order valence-corrected chi connectivity index (χ2v) is 4.90. The number of rotatable bonds is 7. The van der Waals surface area contributed by atoms with Gasteiger partial charge in [0.15, 0.2) is 0 Å². The molecule has 0 saturated carbocycles. The largest absolute Gasteiger partial charge is 0.376 e. The first-order chi connectivity index (χ1) is 9.04. The van der Waals surface area contributed by atoms with Gasteiger partial charge in [0.2, 0.25) is 0 Å². The van der Waals surface area contributed by atoms with Gasteiger partial charge in [-0.3, -0.25) is 11.3 Å². The van der Waals surface area contributed by atoms with E-state index in [1.165, 1.54) is 0 Å². The van der Waals surface area contributed by atoms with Crippen LogP contribution in [0.1, 0.15) is 49.4 Å². The SMILES string of the molecule is CCCC(OCC)C(NN)c1c(C)cc(C)cc1F. The minimum absolute atomic E-state index is 0.115. The Hall–Kier alpha value is -0.970. The van der Waals surface area contributed by atoms with Gasteiger partial charge >= 0.3 is 0 Å². The minimum atomic E-state index is -0.319. The van der Waals surface area contributed by atoms with Crippen molar-refractivity contribution in [1.29, 1.82) is 0 Å². The van der Waals surface area contributed by atoms with Crippen LogP contribution in [0.15, 0.2) is 12.1 Å². The summed E-state index contributed by atoms with van der Waals surface area (Å²) in [6.45, 7) is 8.41. The molecule has 0 radical (unpaired) electrons. The lowest BCUT2D eigenvalue weighted by Gasteiger charge is -2.28. The van der Waals surface area contributed by atoms with Crippen LogP contribution in [0.4, 0.5) is 4.39 Å². The van der Waals surface area contributed by atoms with Gasteiger partial charge in [-0.2, -0.15) is 0 Å². The molecule has 0 saturated heterocycles. The van der Waals surface area contributed by atoms with E-state index < -0.39 is 0 Å². The van der Waals surface area contributed by atoms with Crippen molar-refractivity contribution in [1.82, 2.24) is 5.43 Å². The lowest BCUT2D eigenvalue weighted by atomic mass is 9.93. The molecule has 2 unspecified atom stereocenters. The highest BCUT2D eigenvalue weighted by atomic mass is 19.1. The van der Waals surface area contributed by atoms with Crippen molar-refractivity contribution in [3.63, 3.8) is 0 Å². The predicted octanol–water partition coefficient (Wildman–Crippen LogP) is 3.15. The Kier molecular flexibility index (Phi) is 6.42. The first-order valence-electron chi connectivity index (χ1n) is 6.89. The number of aryl methyl sites for hydroxylation is 2. The topological polar surface area (TPSA) is 47.3 Å². The summed E-state index contributed by atoms with van der Waals surface area (Å²) in [5.74, 6) is 5.42. The molecule has 0 aromatic heterocycles. The molecule has 1 rings (SSSR count). The van der Waals surface area contributed by atoms with Crippen LogP contribution in [0.5, 0.6) is 0 Å². The molecule has 0 aliphatic carbocycles. The third kappa shape index (κ3) is 4.00. The third-order valence-electron chi connectivity index (χ3n) is 3.30. The number of hydrazine groups is 1. The molecule has 19 heavy (non-hydrogen) atoms. The molecule has 4 heteroatoms. The molecule has 1 aromatic carbocycles. The number of nitrogens with two attached hydrogens (primary N) is 1. The molecule has 0 aliphatic rings. The molecule has 108 valence electrons. The van der Waals surface area contributed by atoms with E-state index in [0.717, 1.165) is 24.0 Å². The van der Waals surface area contributed by atoms with E-state index in [-0.39, 0.29) is 18.0 Å². The molecule has 3 N–H and O–H groups in total. The molecule has 0 fully saturated rings. The fourth-order valence-electron chi connectivity index (χ4n) is 2.54. The normalized spacial score (nSPS) is 14.4. The zero-order chi connectivity index (χ0) is 14.4. The lowest BCUT2D eigenvalue weighted by Crippen LogP contribution is -2.39. The Balaban J connectivity index is 3.14. The Morgan fingerprint density at radius 3 is 2.47 bits per heavy atom. The maximum Gasteiger partial charge on any atom is 0.128 e. The summed E-state index contributed by atoms with van der Waals surface area (Å²) in [6.07, 6.45) is 1.70. The standard InChI is InChI=1S/C15H25FN2O/c1-5-7-13(19-6-2)15(18-17)14-11(4)8-10(3)9-12(14)16/h8-9,13,15,18H,5-7,17H2,1-4H3. The van der Waals surface area contributed by atoms with Crippen LogP contribution in [0.3, 0.4) is 0 Å². The Morgan fingerprint density at radius 1 is 1.32 bits per heavy atom. The second-order valence-electron chi connectivity index (χ2n) is 4.90. The molecule has 0 bridgehead atoms. The number of halogens is 1. The van der Waals surface area contributed by atoms with Gasteiger partial charge in [0.25, 0.3) is 0 Å². The highest BCUT2D eigenvalue weighted by molar-refractivity contribution is 5.35. The van der Waals surface area contributed by atoms with Crippen LogP contribution < -0.4 is 11.3 Å². The first-order valence-corrected chi connectivity index (χ1v) is 6.89. The maximum absolute atomic E-state index is 14.2. The maximum atomic E-state index is 14.2. The average Bonchev–Trinajstić information content (AvgIpc) is 2.33. The number of hydrogen-bond acceptors (Lipinski definition) is 3. The number of nitrogens with one attached hydrogen (secondary N) is 1. The van der Waals surface area contributed by atoms with E-state index in [0.29, 0.717) is 12.2 Å². The van der Waals surface area contributed by atoms with Crippen molar-refractivity contribution in [3.05, 3.63) is 34.6 Å².